The predicted octanol–water partition coefficient (Wildman–Crippen LogP) is 1.52. The number of phenols is 1. The maximum absolute atomic E-state index is 13.5. The van der Waals surface area contributed by atoms with E-state index in [2.05, 4.69) is 16.0 Å². The lowest BCUT2D eigenvalue weighted by Crippen LogP contribution is -2.50. The van der Waals surface area contributed by atoms with Gasteiger partial charge in [0.2, 0.25) is 11.8 Å². The summed E-state index contributed by atoms with van der Waals surface area (Å²) < 4.78 is 13.5. The van der Waals surface area contributed by atoms with Gasteiger partial charge in [-0.1, -0.05) is 30.3 Å². The molecule has 0 bridgehead atoms. The Morgan fingerprint density at radius 1 is 1.23 bits per heavy atom. The molecule has 0 spiro atoms. The molecule has 2 aromatic carbocycles. The molecule has 2 aromatic rings. The summed E-state index contributed by atoms with van der Waals surface area (Å²) in [6, 6.07) is 11.6. The van der Waals surface area contributed by atoms with E-state index in [1.165, 1.54) is 0 Å². The second kappa shape index (κ2) is 10.2. The Balaban J connectivity index is 1.70. The van der Waals surface area contributed by atoms with Gasteiger partial charge in [0.25, 0.3) is 0 Å². The molecule has 1 heterocycles. The van der Waals surface area contributed by atoms with Gasteiger partial charge in [-0.2, -0.15) is 0 Å². The van der Waals surface area contributed by atoms with Crippen LogP contribution in [0, 0.1) is 11.7 Å². The van der Waals surface area contributed by atoms with Gasteiger partial charge >= 0.3 is 0 Å². The first-order valence-electron chi connectivity index (χ1n) is 10.0. The van der Waals surface area contributed by atoms with E-state index in [9.17, 15) is 19.1 Å². The fraction of sp³-hybridized carbons (Fsp3) is 0.364. The van der Waals surface area contributed by atoms with Gasteiger partial charge < -0.3 is 26.8 Å². The van der Waals surface area contributed by atoms with Crippen molar-refractivity contribution in [3.05, 3.63) is 59.9 Å². The molecule has 0 unspecified atom stereocenters. The quantitative estimate of drug-likeness (QED) is 0.420. The minimum atomic E-state index is -0.848. The summed E-state index contributed by atoms with van der Waals surface area (Å²) in [4.78, 5) is 25.6. The predicted molar refractivity (Wildman–Crippen MR) is 112 cm³/mol. The number of carbonyl (C=O) groups excluding carboxylic acids is 2. The van der Waals surface area contributed by atoms with Crippen LogP contribution in [0.4, 0.5) is 10.1 Å². The molecule has 6 N–H and O–H groups in total. The third-order valence-electron chi connectivity index (χ3n) is 5.29. The van der Waals surface area contributed by atoms with E-state index in [0.717, 1.165) is 23.8 Å². The number of rotatable bonds is 8. The maximum atomic E-state index is 13.5. The second-order valence-electron chi connectivity index (χ2n) is 7.53. The molecule has 1 saturated heterocycles. The number of phenolic OH excluding ortho intramolecular Hbond substituents is 1. The minimum absolute atomic E-state index is 0.0406. The van der Waals surface area contributed by atoms with Crippen LogP contribution in [0.3, 0.4) is 0 Å². The average Bonchev–Trinajstić information content (AvgIpc) is 3.24. The number of halogens is 1. The molecule has 0 saturated carbocycles. The van der Waals surface area contributed by atoms with Gasteiger partial charge in [0.05, 0.1) is 11.7 Å². The molecular formula is C22H27FN4O3. The van der Waals surface area contributed by atoms with Crippen LogP contribution in [0.1, 0.15) is 18.4 Å². The Morgan fingerprint density at radius 3 is 2.70 bits per heavy atom. The normalized spacial score (nSPS) is 19.3. The zero-order chi connectivity index (χ0) is 21.5. The fourth-order valence-corrected chi connectivity index (χ4v) is 3.51. The SMILES string of the molecule is NC[C@@H]1CN[C@H](C(=O)N[C@H](CCc2ccccc2)C(=O)Nc2cc(F)ccc2O)C1. The number of nitrogens with two attached hydrogens (primary N) is 1. The van der Waals surface area contributed by atoms with E-state index < -0.39 is 23.8 Å². The van der Waals surface area contributed by atoms with Gasteiger partial charge in [0.1, 0.15) is 17.6 Å². The molecule has 0 aromatic heterocycles. The molecule has 1 fully saturated rings. The van der Waals surface area contributed by atoms with Crippen molar-refractivity contribution in [1.82, 2.24) is 10.6 Å². The minimum Gasteiger partial charge on any atom is -0.506 e. The van der Waals surface area contributed by atoms with E-state index in [-0.39, 0.29) is 23.3 Å². The van der Waals surface area contributed by atoms with Crippen molar-refractivity contribution in [3.63, 3.8) is 0 Å². The van der Waals surface area contributed by atoms with Gasteiger partial charge in [0.15, 0.2) is 0 Å². The molecular weight excluding hydrogens is 387 g/mol. The Bertz CT molecular complexity index is 878. The number of anilines is 1. The first kappa shape index (κ1) is 21.7. The summed E-state index contributed by atoms with van der Waals surface area (Å²) in [7, 11) is 0. The lowest BCUT2D eigenvalue weighted by atomic mass is 10.0. The molecule has 160 valence electrons. The molecule has 0 aliphatic carbocycles. The number of hydrogen-bond donors (Lipinski definition) is 5. The Hall–Kier alpha value is -2.97. The van der Waals surface area contributed by atoms with Crippen molar-refractivity contribution >= 4 is 17.5 Å². The fourth-order valence-electron chi connectivity index (χ4n) is 3.51. The summed E-state index contributed by atoms with van der Waals surface area (Å²) in [5.41, 5.74) is 6.67. The Morgan fingerprint density at radius 2 is 2.00 bits per heavy atom. The highest BCUT2D eigenvalue weighted by Gasteiger charge is 2.31. The van der Waals surface area contributed by atoms with Gasteiger partial charge in [-0.3, -0.25) is 9.59 Å². The van der Waals surface area contributed by atoms with E-state index >= 15 is 0 Å². The van der Waals surface area contributed by atoms with Crippen LogP contribution >= 0.6 is 0 Å². The molecule has 7 nitrogen and oxygen atoms in total. The third-order valence-corrected chi connectivity index (χ3v) is 5.29. The van der Waals surface area contributed by atoms with E-state index in [1.54, 1.807) is 0 Å². The van der Waals surface area contributed by atoms with E-state index in [1.807, 2.05) is 30.3 Å². The highest BCUT2D eigenvalue weighted by Crippen LogP contribution is 2.24. The van der Waals surface area contributed by atoms with E-state index in [4.69, 9.17) is 5.73 Å². The summed E-state index contributed by atoms with van der Waals surface area (Å²) in [5, 5.41) is 18.3. The van der Waals surface area contributed by atoms with Crippen LogP contribution in [0.15, 0.2) is 48.5 Å². The van der Waals surface area contributed by atoms with Crippen molar-refractivity contribution < 1.29 is 19.1 Å². The smallest absolute Gasteiger partial charge is 0.247 e. The number of hydrogen-bond acceptors (Lipinski definition) is 5. The van der Waals surface area contributed by atoms with Crippen molar-refractivity contribution in [3.8, 4) is 5.75 Å². The molecule has 3 rings (SSSR count). The number of aryl methyl sites for hydroxylation is 1. The number of nitrogens with one attached hydrogen (secondary N) is 3. The monoisotopic (exact) mass is 414 g/mol. The number of amides is 2. The average molecular weight is 414 g/mol. The molecule has 30 heavy (non-hydrogen) atoms. The van der Waals surface area contributed by atoms with Crippen molar-refractivity contribution in [2.45, 2.75) is 31.3 Å². The Kier molecular flexibility index (Phi) is 7.37. The third kappa shape index (κ3) is 5.77. The van der Waals surface area contributed by atoms with Crippen LogP contribution in [0.2, 0.25) is 0 Å². The van der Waals surface area contributed by atoms with Crippen molar-refractivity contribution in [1.29, 1.82) is 0 Å². The largest absolute Gasteiger partial charge is 0.506 e. The van der Waals surface area contributed by atoms with Crippen LogP contribution in [0.25, 0.3) is 0 Å². The summed E-state index contributed by atoms with van der Waals surface area (Å²) in [6.07, 6.45) is 1.53. The molecule has 0 radical (unpaired) electrons. The topological polar surface area (TPSA) is 116 Å². The molecule has 1 aliphatic rings. The van der Waals surface area contributed by atoms with Gasteiger partial charge in [-0.15, -0.1) is 0 Å². The maximum Gasteiger partial charge on any atom is 0.247 e. The van der Waals surface area contributed by atoms with Gasteiger partial charge in [0, 0.05) is 6.07 Å². The summed E-state index contributed by atoms with van der Waals surface area (Å²) in [5.74, 6) is -1.41. The molecule has 8 heteroatoms. The standard InChI is InChI=1S/C22H27FN4O3/c23-16-7-9-20(28)18(11-16)27-21(29)17(8-6-14-4-2-1-3-5-14)26-22(30)19-10-15(12-24)13-25-19/h1-5,7,9,11,15,17,19,25,28H,6,8,10,12-13,24H2,(H,26,30)(H,27,29)/t15-,17-,19+/m1/s1. The highest BCUT2D eigenvalue weighted by molar-refractivity contribution is 5.98. The zero-order valence-electron chi connectivity index (χ0n) is 16.6. The first-order chi connectivity index (χ1) is 14.5. The molecule has 3 atom stereocenters. The molecule has 1 aliphatic heterocycles. The number of benzene rings is 2. The van der Waals surface area contributed by atoms with Crippen LogP contribution in [-0.2, 0) is 16.0 Å². The zero-order valence-corrected chi connectivity index (χ0v) is 16.6. The number of aromatic hydroxyl groups is 1. The molecule has 2 amide bonds. The van der Waals surface area contributed by atoms with Crippen molar-refractivity contribution in [2.75, 3.05) is 18.4 Å². The van der Waals surface area contributed by atoms with Crippen LogP contribution in [-0.4, -0.2) is 42.1 Å². The van der Waals surface area contributed by atoms with E-state index in [0.29, 0.717) is 32.4 Å². The van der Waals surface area contributed by atoms with Gasteiger partial charge in [-0.05, 0) is 56.0 Å². The first-order valence-corrected chi connectivity index (χ1v) is 10.0. The highest BCUT2D eigenvalue weighted by atomic mass is 19.1. The Labute approximate surface area is 174 Å². The second-order valence-corrected chi connectivity index (χ2v) is 7.53. The lowest BCUT2D eigenvalue weighted by molar-refractivity contribution is -0.127. The van der Waals surface area contributed by atoms with Gasteiger partial charge in [-0.25, -0.2) is 4.39 Å². The lowest BCUT2D eigenvalue weighted by Gasteiger charge is -2.21. The summed E-state index contributed by atoms with van der Waals surface area (Å²) >= 11 is 0. The van der Waals surface area contributed by atoms with Crippen LogP contribution < -0.4 is 21.7 Å². The van der Waals surface area contributed by atoms with Crippen molar-refractivity contribution in [2.24, 2.45) is 11.7 Å². The van der Waals surface area contributed by atoms with Crippen LogP contribution in [0.5, 0.6) is 5.75 Å². The summed E-state index contributed by atoms with van der Waals surface area (Å²) in [6.45, 7) is 1.15. The number of carbonyl (C=O) groups is 2.